The molecular formula is C17H17F2NO. The summed E-state index contributed by atoms with van der Waals surface area (Å²) in [6, 6.07) is 11.0. The van der Waals surface area contributed by atoms with Gasteiger partial charge in [-0.15, -0.1) is 0 Å². The summed E-state index contributed by atoms with van der Waals surface area (Å²) in [5, 5.41) is 3.38. The fourth-order valence-corrected chi connectivity index (χ4v) is 2.79. The van der Waals surface area contributed by atoms with Gasteiger partial charge in [-0.2, -0.15) is 0 Å². The molecule has 0 saturated heterocycles. The lowest BCUT2D eigenvalue weighted by molar-refractivity contribution is 0.151. The summed E-state index contributed by atoms with van der Waals surface area (Å²) in [4.78, 5) is 0. The van der Waals surface area contributed by atoms with Crippen molar-refractivity contribution in [2.45, 2.75) is 25.5 Å². The highest BCUT2D eigenvalue weighted by molar-refractivity contribution is 5.40. The Balaban J connectivity index is 1.96. The van der Waals surface area contributed by atoms with Crippen molar-refractivity contribution in [3.8, 4) is 5.75 Å². The van der Waals surface area contributed by atoms with Crippen LogP contribution in [-0.2, 0) is 0 Å². The van der Waals surface area contributed by atoms with Gasteiger partial charge in [0.1, 0.15) is 23.5 Å². The molecule has 0 fully saturated rings. The van der Waals surface area contributed by atoms with E-state index in [2.05, 4.69) is 5.32 Å². The third-order valence-electron chi connectivity index (χ3n) is 3.74. The molecule has 0 bridgehead atoms. The molecule has 1 aliphatic rings. The molecule has 0 aromatic heterocycles. The largest absolute Gasteiger partial charge is 0.485 e. The van der Waals surface area contributed by atoms with Crippen LogP contribution >= 0.6 is 0 Å². The highest BCUT2D eigenvalue weighted by atomic mass is 19.1. The monoisotopic (exact) mass is 289 g/mol. The zero-order valence-corrected chi connectivity index (χ0v) is 11.8. The second-order valence-corrected chi connectivity index (χ2v) is 5.19. The molecule has 0 saturated carbocycles. The van der Waals surface area contributed by atoms with Gasteiger partial charge in [0, 0.05) is 24.1 Å². The summed E-state index contributed by atoms with van der Waals surface area (Å²) >= 11 is 0. The van der Waals surface area contributed by atoms with Crippen molar-refractivity contribution >= 4 is 0 Å². The third-order valence-corrected chi connectivity index (χ3v) is 3.74. The number of rotatable bonds is 3. The van der Waals surface area contributed by atoms with E-state index in [1.165, 1.54) is 24.3 Å². The molecule has 0 amide bonds. The van der Waals surface area contributed by atoms with Crippen LogP contribution in [0, 0.1) is 11.6 Å². The average molecular weight is 289 g/mol. The lowest BCUT2D eigenvalue weighted by atomic mass is 9.93. The summed E-state index contributed by atoms with van der Waals surface area (Å²) in [6.45, 7) is 2.83. The van der Waals surface area contributed by atoms with Gasteiger partial charge < -0.3 is 10.1 Å². The molecule has 2 aromatic carbocycles. The molecule has 2 atom stereocenters. The van der Waals surface area contributed by atoms with Crippen LogP contribution in [0.3, 0.4) is 0 Å². The molecule has 4 heteroatoms. The first-order valence-electron chi connectivity index (χ1n) is 7.12. The summed E-state index contributed by atoms with van der Waals surface area (Å²) in [5.41, 5.74) is 1.72. The van der Waals surface area contributed by atoms with Gasteiger partial charge in [0.05, 0.1) is 0 Å². The molecule has 21 heavy (non-hydrogen) atoms. The van der Waals surface area contributed by atoms with E-state index in [4.69, 9.17) is 4.74 Å². The second kappa shape index (κ2) is 5.82. The number of nitrogens with one attached hydrogen (secondary N) is 1. The Kier molecular flexibility index (Phi) is 3.88. The standard InChI is InChI=1S/C17H17F2NO/c1-2-20-15-10-16(11-4-3-5-12(18)8-11)21-17-9-13(19)6-7-14(15)17/h3-9,15-16,20H,2,10H2,1H3. The number of benzene rings is 2. The van der Waals surface area contributed by atoms with Crippen molar-refractivity contribution in [2.24, 2.45) is 0 Å². The third kappa shape index (κ3) is 2.90. The molecule has 0 spiro atoms. The zero-order valence-electron chi connectivity index (χ0n) is 11.8. The zero-order chi connectivity index (χ0) is 14.8. The number of fused-ring (bicyclic) bond motifs is 1. The van der Waals surface area contributed by atoms with E-state index in [1.807, 2.05) is 13.0 Å². The minimum absolute atomic E-state index is 0.0765. The maximum absolute atomic E-state index is 13.4. The topological polar surface area (TPSA) is 21.3 Å². The van der Waals surface area contributed by atoms with E-state index in [9.17, 15) is 8.78 Å². The van der Waals surface area contributed by atoms with Gasteiger partial charge >= 0.3 is 0 Å². The smallest absolute Gasteiger partial charge is 0.127 e. The van der Waals surface area contributed by atoms with Crippen molar-refractivity contribution in [2.75, 3.05) is 6.54 Å². The number of ether oxygens (including phenoxy) is 1. The number of hydrogen-bond donors (Lipinski definition) is 1. The van der Waals surface area contributed by atoms with Crippen molar-refractivity contribution < 1.29 is 13.5 Å². The Morgan fingerprint density at radius 1 is 1.14 bits per heavy atom. The summed E-state index contributed by atoms with van der Waals surface area (Å²) < 4.78 is 32.7. The first-order valence-corrected chi connectivity index (χ1v) is 7.12. The van der Waals surface area contributed by atoms with E-state index in [1.54, 1.807) is 12.1 Å². The summed E-state index contributed by atoms with van der Waals surface area (Å²) in [6.07, 6.45) is 0.412. The molecule has 0 radical (unpaired) electrons. The average Bonchev–Trinajstić information content (AvgIpc) is 2.47. The van der Waals surface area contributed by atoms with Gasteiger partial charge in [0.25, 0.3) is 0 Å². The quantitative estimate of drug-likeness (QED) is 0.917. The molecular weight excluding hydrogens is 272 g/mol. The second-order valence-electron chi connectivity index (χ2n) is 5.19. The molecule has 2 aromatic rings. The predicted molar refractivity (Wildman–Crippen MR) is 77.2 cm³/mol. The Morgan fingerprint density at radius 2 is 1.95 bits per heavy atom. The van der Waals surface area contributed by atoms with Crippen LogP contribution in [0.5, 0.6) is 5.75 Å². The number of hydrogen-bond acceptors (Lipinski definition) is 2. The van der Waals surface area contributed by atoms with Crippen LogP contribution in [0.15, 0.2) is 42.5 Å². The van der Waals surface area contributed by atoms with Gasteiger partial charge in [-0.25, -0.2) is 8.78 Å². The molecule has 2 unspecified atom stereocenters. The van der Waals surface area contributed by atoms with Gasteiger partial charge in [-0.1, -0.05) is 25.1 Å². The molecule has 3 rings (SSSR count). The fraction of sp³-hybridized carbons (Fsp3) is 0.294. The van der Waals surface area contributed by atoms with Crippen molar-refractivity contribution in [1.82, 2.24) is 5.32 Å². The highest BCUT2D eigenvalue weighted by Crippen LogP contribution is 2.41. The van der Waals surface area contributed by atoms with E-state index in [-0.39, 0.29) is 23.8 Å². The summed E-state index contributed by atoms with van der Waals surface area (Å²) in [5.74, 6) is -0.0912. The van der Waals surface area contributed by atoms with Crippen molar-refractivity contribution in [3.05, 3.63) is 65.2 Å². The van der Waals surface area contributed by atoms with Crippen LogP contribution in [-0.4, -0.2) is 6.54 Å². The van der Waals surface area contributed by atoms with Crippen molar-refractivity contribution in [3.63, 3.8) is 0 Å². The lowest BCUT2D eigenvalue weighted by Crippen LogP contribution is -2.29. The first kappa shape index (κ1) is 14.0. The Morgan fingerprint density at radius 3 is 2.71 bits per heavy atom. The minimum atomic E-state index is -0.330. The van der Waals surface area contributed by atoms with E-state index in [0.717, 1.165) is 17.7 Å². The first-order chi connectivity index (χ1) is 10.2. The van der Waals surface area contributed by atoms with E-state index in [0.29, 0.717) is 12.2 Å². The van der Waals surface area contributed by atoms with Crippen LogP contribution in [0.2, 0.25) is 0 Å². The molecule has 1 N–H and O–H groups in total. The predicted octanol–water partition coefficient (Wildman–Crippen LogP) is 4.14. The SMILES string of the molecule is CCNC1CC(c2cccc(F)c2)Oc2cc(F)ccc21. The van der Waals surface area contributed by atoms with Gasteiger partial charge in [0.2, 0.25) is 0 Å². The van der Waals surface area contributed by atoms with Gasteiger partial charge in [0.15, 0.2) is 0 Å². The Bertz CT molecular complexity index is 644. The summed E-state index contributed by atoms with van der Waals surface area (Å²) in [7, 11) is 0. The van der Waals surface area contributed by atoms with Gasteiger partial charge in [-0.05, 0) is 30.3 Å². The van der Waals surface area contributed by atoms with Crippen LogP contribution in [0.1, 0.15) is 36.6 Å². The molecule has 0 aliphatic carbocycles. The molecule has 110 valence electrons. The Hall–Kier alpha value is -1.94. The minimum Gasteiger partial charge on any atom is -0.485 e. The van der Waals surface area contributed by atoms with Crippen LogP contribution in [0.4, 0.5) is 8.78 Å². The lowest BCUT2D eigenvalue weighted by Gasteiger charge is -2.33. The normalized spacial score (nSPS) is 20.7. The Labute approximate surface area is 122 Å². The highest BCUT2D eigenvalue weighted by Gasteiger charge is 2.29. The molecule has 1 aliphatic heterocycles. The van der Waals surface area contributed by atoms with Crippen LogP contribution in [0.25, 0.3) is 0 Å². The maximum atomic E-state index is 13.4. The maximum Gasteiger partial charge on any atom is 0.127 e. The van der Waals surface area contributed by atoms with Crippen molar-refractivity contribution in [1.29, 1.82) is 0 Å². The van der Waals surface area contributed by atoms with Gasteiger partial charge in [-0.3, -0.25) is 0 Å². The number of halogens is 2. The fourth-order valence-electron chi connectivity index (χ4n) is 2.79. The van der Waals surface area contributed by atoms with E-state index < -0.39 is 0 Å². The molecule has 1 heterocycles. The van der Waals surface area contributed by atoms with E-state index >= 15 is 0 Å². The molecule has 2 nitrogen and oxygen atoms in total. The van der Waals surface area contributed by atoms with Crippen LogP contribution < -0.4 is 10.1 Å².